The smallest absolute Gasteiger partial charge is 0.263 e. The summed E-state index contributed by atoms with van der Waals surface area (Å²) in [6.07, 6.45) is 3.24. The average Bonchev–Trinajstić information content (AvgIpc) is 3.11. The van der Waals surface area contributed by atoms with Crippen LogP contribution >= 0.6 is 0 Å². The van der Waals surface area contributed by atoms with E-state index in [0.717, 1.165) is 47.7 Å². The zero-order chi connectivity index (χ0) is 19.5. The van der Waals surface area contributed by atoms with Crippen molar-refractivity contribution in [2.45, 2.75) is 26.7 Å². The molecular formula is C20H23N5O3. The third-order valence-corrected chi connectivity index (χ3v) is 4.95. The van der Waals surface area contributed by atoms with Crippen LogP contribution in [0.15, 0.2) is 35.1 Å². The van der Waals surface area contributed by atoms with Crippen LogP contribution in [0.1, 0.15) is 25.5 Å². The lowest BCUT2D eigenvalue weighted by atomic mass is 9.96. The molecule has 4 rings (SSSR count). The number of anilines is 2. The fourth-order valence-corrected chi connectivity index (χ4v) is 3.57. The van der Waals surface area contributed by atoms with Crippen LogP contribution in [0.3, 0.4) is 0 Å². The normalized spacial score (nSPS) is 16.9. The molecule has 1 aliphatic heterocycles. The van der Waals surface area contributed by atoms with E-state index in [-0.39, 0.29) is 11.8 Å². The molecule has 8 heteroatoms. The third kappa shape index (κ3) is 3.62. The van der Waals surface area contributed by atoms with Crippen molar-refractivity contribution in [1.82, 2.24) is 15.1 Å². The SMILES string of the molecule is CCOc1ccc(NC(=O)C2CCCN(c3ncnc4onc(C)c34)C2)cc1. The van der Waals surface area contributed by atoms with Crippen LogP contribution in [0.2, 0.25) is 0 Å². The summed E-state index contributed by atoms with van der Waals surface area (Å²) < 4.78 is 10.7. The molecule has 0 saturated carbocycles. The zero-order valence-corrected chi connectivity index (χ0v) is 16.0. The molecule has 1 N–H and O–H groups in total. The molecule has 0 aliphatic carbocycles. The van der Waals surface area contributed by atoms with E-state index in [1.165, 1.54) is 6.33 Å². The number of piperidine rings is 1. The van der Waals surface area contributed by atoms with E-state index >= 15 is 0 Å². The Labute approximate surface area is 162 Å². The topological polar surface area (TPSA) is 93.4 Å². The molecule has 1 unspecified atom stereocenters. The standard InChI is InChI=1S/C20H23N5O3/c1-3-27-16-8-6-15(7-9-16)23-19(26)14-5-4-10-25(11-14)18-17-13(2)24-28-20(17)22-12-21-18/h6-9,12,14H,3-5,10-11H2,1-2H3,(H,23,26). The van der Waals surface area contributed by atoms with Crippen LogP contribution in [0, 0.1) is 12.8 Å². The molecule has 1 atom stereocenters. The predicted octanol–water partition coefficient (Wildman–Crippen LogP) is 3.18. The van der Waals surface area contributed by atoms with Gasteiger partial charge in [0.05, 0.1) is 18.2 Å². The first-order chi connectivity index (χ1) is 13.7. The maximum absolute atomic E-state index is 12.8. The maximum atomic E-state index is 12.8. The van der Waals surface area contributed by atoms with Crippen molar-refractivity contribution in [1.29, 1.82) is 0 Å². The van der Waals surface area contributed by atoms with Gasteiger partial charge in [0, 0.05) is 18.8 Å². The van der Waals surface area contributed by atoms with E-state index in [9.17, 15) is 4.79 Å². The number of aryl methyl sites for hydroxylation is 1. The van der Waals surface area contributed by atoms with E-state index in [4.69, 9.17) is 9.26 Å². The first kappa shape index (κ1) is 18.2. The van der Waals surface area contributed by atoms with Crippen molar-refractivity contribution in [3.05, 3.63) is 36.3 Å². The number of carbonyl (C=O) groups is 1. The molecule has 1 saturated heterocycles. The van der Waals surface area contributed by atoms with Gasteiger partial charge in [-0.2, -0.15) is 4.98 Å². The highest BCUT2D eigenvalue weighted by Crippen LogP contribution is 2.30. The highest BCUT2D eigenvalue weighted by atomic mass is 16.5. The second-order valence-electron chi connectivity index (χ2n) is 6.88. The number of hydrogen-bond acceptors (Lipinski definition) is 7. The number of fused-ring (bicyclic) bond motifs is 1. The predicted molar refractivity (Wildman–Crippen MR) is 106 cm³/mol. The number of nitrogens with one attached hydrogen (secondary N) is 1. The van der Waals surface area contributed by atoms with Gasteiger partial charge in [-0.25, -0.2) is 4.98 Å². The summed E-state index contributed by atoms with van der Waals surface area (Å²) in [5.74, 6) is 1.47. The lowest BCUT2D eigenvalue weighted by molar-refractivity contribution is -0.120. The molecular weight excluding hydrogens is 358 g/mol. The van der Waals surface area contributed by atoms with E-state index < -0.39 is 0 Å². The highest BCUT2D eigenvalue weighted by molar-refractivity contribution is 5.93. The second-order valence-corrected chi connectivity index (χ2v) is 6.88. The largest absolute Gasteiger partial charge is 0.494 e. The van der Waals surface area contributed by atoms with Gasteiger partial charge in [-0.15, -0.1) is 0 Å². The molecule has 8 nitrogen and oxygen atoms in total. The Balaban J connectivity index is 1.47. The molecule has 2 aromatic heterocycles. The summed E-state index contributed by atoms with van der Waals surface area (Å²) >= 11 is 0. The number of nitrogens with zero attached hydrogens (tertiary/aromatic N) is 4. The molecule has 1 amide bonds. The van der Waals surface area contributed by atoms with Gasteiger partial charge < -0.3 is 19.5 Å². The Morgan fingerprint density at radius 3 is 2.93 bits per heavy atom. The lowest BCUT2D eigenvalue weighted by Crippen LogP contribution is -2.41. The van der Waals surface area contributed by atoms with Crippen molar-refractivity contribution < 1.29 is 14.1 Å². The van der Waals surface area contributed by atoms with Crippen LogP contribution < -0.4 is 15.0 Å². The minimum Gasteiger partial charge on any atom is -0.494 e. The first-order valence-corrected chi connectivity index (χ1v) is 9.51. The van der Waals surface area contributed by atoms with Gasteiger partial charge in [-0.1, -0.05) is 5.16 Å². The molecule has 1 fully saturated rings. The van der Waals surface area contributed by atoms with Crippen LogP contribution in [0.25, 0.3) is 11.1 Å². The molecule has 3 aromatic rings. The number of hydrogen-bond donors (Lipinski definition) is 1. The Morgan fingerprint density at radius 2 is 2.14 bits per heavy atom. The number of amides is 1. The Bertz CT molecular complexity index is 970. The molecule has 1 aromatic carbocycles. The van der Waals surface area contributed by atoms with E-state index in [1.54, 1.807) is 0 Å². The summed E-state index contributed by atoms with van der Waals surface area (Å²) in [5.41, 5.74) is 2.00. The summed E-state index contributed by atoms with van der Waals surface area (Å²) in [5, 5.41) is 7.81. The molecule has 3 heterocycles. The van der Waals surface area contributed by atoms with Gasteiger partial charge in [0.1, 0.15) is 23.3 Å². The fourth-order valence-electron chi connectivity index (χ4n) is 3.57. The molecule has 0 bridgehead atoms. The van der Waals surface area contributed by atoms with Gasteiger partial charge in [0.15, 0.2) is 0 Å². The van der Waals surface area contributed by atoms with Crippen LogP contribution in [0.5, 0.6) is 5.75 Å². The van der Waals surface area contributed by atoms with Crippen LogP contribution in [0.4, 0.5) is 11.5 Å². The van der Waals surface area contributed by atoms with Gasteiger partial charge in [-0.05, 0) is 51.0 Å². The highest BCUT2D eigenvalue weighted by Gasteiger charge is 2.28. The van der Waals surface area contributed by atoms with Crippen LogP contribution in [-0.4, -0.2) is 40.7 Å². The zero-order valence-electron chi connectivity index (χ0n) is 16.0. The lowest BCUT2D eigenvalue weighted by Gasteiger charge is -2.33. The summed E-state index contributed by atoms with van der Waals surface area (Å²) in [4.78, 5) is 23.5. The van der Waals surface area contributed by atoms with E-state index in [1.807, 2.05) is 38.1 Å². The van der Waals surface area contributed by atoms with Crippen molar-refractivity contribution in [2.75, 3.05) is 29.9 Å². The monoisotopic (exact) mass is 381 g/mol. The minimum atomic E-state index is -0.120. The number of ether oxygens (including phenoxy) is 1. The second kappa shape index (κ2) is 7.84. The Kier molecular flexibility index (Phi) is 5.10. The molecule has 0 spiro atoms. The minimum absolute atomic E-state index is 0.0150. The van der Waals surface area contributed by atoms with E-state index in [0.29, 0.717) is 18.9 Å². The van der Waals surface area contributed by atoms with Crippen molar-refractivity contribution >= 4 is 28.5 Å². The van der Waals surface area contributed by atoms with Gasteiger partial charge >= 0.3 is 0 Å². The van der Waals surface area contributed by atoms with Crippen molar-refractivity contribution in [3.8, 4) is 5.75 Å². The van der Waals surface area contributed by atoms with Gasteiger partial charge in [0.2, 0.25) is 5.91 Å². The average molecular weight is 381 g/mol. The van der Waals surface area contributed by atoms with Crippen molar-refractivity contribution in [2.24, 2.45) is 5.92 Å². The number of aromatic nitrogens is 3. The van der Waals surface area contributed by atoms with Crippen molar-refractivity contribution in [3.63, 3.8) is 0 Å². The van der Waals surface area contributed by atoms with Crippen LogP contribution in [-0.2, 0) is 4.79 Å². The summed E-state index contributed by atoms with van der Waals surface area (Å²) in [7, 11) is 0. The number of benzene rings is 1. The number of rotatable bonds is 5. The maximum Gasteiger partial charge on any atom is 0.263 e. The quantitative estimate of drug-likeness (QED) is 0.725. The van der Waals surface area contributed by atoms with Gasteiger partial charge in [-0.3, -0.25) is 4.79 Å². The summed E-state index contributed by atoms with van der Waals surface area (Å²) in [6.45, 7) is 5.87. The number of carbonyl (C=O) groups excluding carboxylic acids is 1. The Hall–Kier alpha value is -3.16. The molecule has 28 heavy (non-hydrogen) atoms. The third-order valence-electron chi connectivity index (χ3n) is 4.95. The van der Waals surface area contributed by atoms with Gasteiger partial charge in [0.25, 0.3) is 5.71 Å². The Morgan fingerprint density at radius 1 is 1.32 bits per heavy atom. The molecule has 0 radical (unpaired) electrons. The molecule has 146 valence electrons. The first-order valence-electron chi connectivity index (χ1n) is 9.51. The van der Waals surface area contributed by atoms with E-state index in [2.05, 4.69) is 25.3 Å². The summed E-state index contributed by atoms with van der Waals surface area (Å²) in [6, 6.07) is 7.44. The fraction of sp³-hybridized carbons (Fsp3) is 0.400. The molecule has 1 aliphatic rings.